The maximum atomic E-state index is 12.7. The number of carbonyl (C=O) groups is 2. The number of carbonyl (C=O) groups excluding carboxylic acids is 2. The number of ether oxygens (including phenoxy) is 1. The minimum atomic E-state index is -4.54. The van der Waals surface area contributed by atoms with E-state index in [2.05, 4.69) is 10.7 Å². The summed E-state index contributed by atoms with van der Waals surface area (Å²) in [7, 11) is 0. The van der Waals surface area contributed by atoms with E-state index in [9.17, 15) is 22.8 Å². The number of halogens is 5. The number of amides is 3. The number of anilines is 1. The Labute approximate surface area is 167 Å². The summed E-state index contributed by atoms with van der Waals surface area (Å²) in [6.07, 6.45) is -5.58. The van der Waals surface area contributed by atoms with Crippen molar-refractivity contribution in [2.75, 3.05) is 5.32 Å². The number of nitrogens with one attached hydrogen (secondary N) is 3. The van der Waals surface area contributed by atoms with Crippen molar-refractivity contribution in [2.24, 2.45) is 0 Å². The summed E-state index contributed by atoms with van der Waals surface area (Å²) in [6, 6.07) is 7.53. The fourth-order valence-electron chi connectivity index (χ4n) is 1.97. The van der Waals surface area contributed by atoms with E-state index < -0.39 is 29.8 Å². The lowest BCUT2D eigenvalue weighted by Crippen LogP contribution is -2.48. The van der Waals surface area contributed by atoms with Crippen LogP contribution in [0, 0.1) is 0 Å². The smallest absolute Gasteiger partial charge is 0.416 e. The Morgan fingerprint density at radius 2 is 1.79 bits per heavy atom. The summed E-state index contributed by atoms with van der Waals surface area (Å²) in [6.45, 7) is 1.41. The van der Waals surface area contributed by atoms with E-state index in [0.717, 1.165) is 18.2 Å². The standard InChI is InChI=1S/C17H14Cl2F3N3O3/c1-9(28-14-6-5-11(18)8-13(14)19)15(26)24-25-16(27)23-12-4-2-3-10(7-12)17(20,21)22/h2-9H,1H3,(H,24,26)(H2,23,25,27)/t9-/m1/s1. The van der Waals surface area contributed by atoms with E-state index >= 15 is 0 Å². The van der Waals surface area contributed by atoms with Crippen molar-refractivity contribution in [2.45, 2.75) is 19.2 Å². The van der Waals surface area contributed by atoms with Crippen LogP contribution in [0.25, 0.3) is 0 Å². The molecule has 2 rings (SSSR count). The van der Waals surface area contributed by atoms with Crippen LogP contribution in [0.15, 0.2) is 42.5 Å². The van der Waals surface area contributed by atoms with Crippen LogP contribution in [0.1, 0.15) is 12.5 Å². The van der Waals surface area contributed by atoms with Gasteiger partial charge in [0.05, 0.1) is 10.6 Å². The molecule has 0 aliphatic rings. The van der Waals surface area contributed by atoms with E-state index in [-0.39, 0.29) is 16.5 Å². The highest BCUT2D eigenvalue weighted by Gasteiger charge is 2.30. The largest absolute Gasteiger partial charge is 0.479 e. The van der Waals surface area contributed by atoms with Crippen molar-refractivity contribution in [3.63, 3.8) is 0 Å². The maximum Gasteiger partial charge on any atom is 0.416 e. The van der Waals surface area contributed by atoms with Gasteiger partial charge in [0.2, 0.25) is 0 Å². The van der Waals surface area contributed by atoms with Crippen molar-refractivity contribution >= 4 is 40.8 Å². The average Bonchev–Trinajstić information content (AvgIpc) is 2.61. The normalized spacial score (nSPS) is 12.1. The second-order valence-corrected chi connectivity index (χ2v) is 6.33. The molecule has 6 nitrogen and oxygen atoms in total. The molecule has 0 spiro atoms. The Balaban J connectivity index is 1.87. The van der Waals surface area contributed by atoms with Crippen LogP contribution >= 0.6 is 23.2 Å². The van der Waals surface area contributed by atoms with Gasteiger partial charge in [0, 0.05) is 10.7 Å². The van der Waals surface area contributed by atoms with Crippen LogP contribution < -0.4 is 20.9 Å². The highest BCUT2D eigenvalue weighted by atomic mass is 35.5. The molecule has 0 saturated carbocycles. The summed E-state index contributed by atoms with van der Waals surface area (Å²) in [5.41, 5.74) is 3.08. The number of hydrogen-bond donors (Lipinski definition) is 3. The first-order valence-electron chi connectivity index (χ1n) is 7.72. The zero-order chi connectivity index (χ0) is 20.9. The van der Waals surface area contributed by atoms with Gasteiger partial charge in [0.25, 0.3) is 5.91 Å². The second kappa shape index (κ2) is 9.03. The molecule has 2 aromatic carbocycles. The van der Waals surface area contributed by atoms with Crippen LogP contribution in [-0.2, 0) is 11.0 Å². The van der Waals surface area contributed by atoms with Gasteiger partial charge in [0.15, 0.2) is 6.10 Å². The average molecular weight is 436 g/mol. The molecule has 0 bridgehead atoms. The van der Waals surface area contributed by atoms with E-state index in [1.165, 1.54) is 31.2 Å². The van der Waals surface area contributed by atoms with Crippen molar-refractivity contribution in [1.29, 1.82) is 0 Å². The lowest BCUT2D eigenvalue weighted by Gasteiger charge is -2.16. The zero-order valence-corrected chi connectivity index (χ0v) is 15.7. The monoisotopic (exact) mass is 435 g/mol. The molecule has 2 aromatic rings. The molecule has 0 fully saturated rings. The molecular formula is C17H14Cl2F3N3O3. The van der Waals surface area contributed by atoms with E-state index in [1.54, 1.807) is 0 Å². The predicted molar refractivity (Wildman–Crippen MR) is 98.3 cm³/mol. The van der Waals surface area contributed by atoms with Gasteiger partial charge in [-0.25, -0.2) is 10.2 Å². The van der Waals surface area contributed by atoms with Gasteiger partial charge in [-0.15, -0.1) is 0 Å². The summed E-state index contributed by atoms with van der Waals surface area (Å²) >= 11 is 11.7. The molecule has 0 radical (unpaired) electrons. The lowest BCUT2D eigenvalue weighted by atomic mass is 10.2. The molecule has 0 heterocycles. The third-order valence-electron chi connectivity index (χ3n) is 3.31. The first-order valence-corrected chi connectivity index (χ1v) is 8.47. The Kier molecular flexibility index (Phi) is 6.98. The van der Waals surface area contributed by atoms with Crippen molar-refractivity contribution in [3.05, 3.63) is 58.1 Å². The minimum absolute atomic E-state index is 0.0983. The molecule has 0 aliphatic heterocycles. The van der Waals surface area contributed by atoms with Crippen LogP contribution in [0.5, 0.6) is 5.75 Å². The lowest BCUT2D eigenvalue weighted by molar-refractivity contribution is -0.137. The molecular weight excluding hydrogens is 422 g/mol. The van der Waals surface area contributed by atoms with Gasteiger partial charge in [0.1, 0.15) is 5.75 Å². The van der Waals surface area contributed by atoms with Gasteiger partial charge < -0.3 is 10.1 Å². The molecule has 1 atom stereocenters. The van der Waals surface area contributed by atoms with Gasteiger partial charge in [-0.3, -0.25) is 10.2 Å². The Morgan fingerprint density at radius 3 is 2.43 bits per heavy atom. The number of rotatable bonds is 4. The van der Waals surface area contributed by atoms with Crippen molar-refractivity contribution < 1.29 is 27.5 Å². The molecule has 0 aromatic heterocycles. The van der Waals surface area contributed by atoms with Gasteiger partial charge in [-0.2, -0.15) is 13.2 Å². The molecule has 0 unspecified atom stereocenters. The predicted octanol–water partition coefficient (Wildman–Crippen LogP) is 4.63. The molecule has 28 heavy (non-hydrogen) atoms. The molecule has 11 heteroatoms. The highest BCUT2D eigenvalue weighted by Crippen LogP contribution is 2.30. The molecule has 3 amide bonds. The number of urea groups is 1. The molecule has 0 aliphatic carbocycles. The Bertz CT molecular complexity index is 878. The van der Waals surface area contributed by atoms with Gasteiger partial charge in [-0.05, 0) is 43.3 Å². The number of benzene rings is 2. The molecule has 3 N–H and O–H groups in total. The molecule has 150 valence electrons. The Hall–Kier alpha value is -2.65. The van der Waals surface area contributed by atoms with E-state index in [1.807, 2.05) is 5.43 Å². The third kappa shape index (κ3) is 6.21. The third-order valence-corrected chi connectivity index (χ3v) is 3.84. The summed E-state index contributed by atoms with van der Waals surface area (Å²) in [5, 5.41) is 2.76. The topological polar surface area (TPSA) is 79.5 Å². The quantitative estimate of drug-likeness (QED) is 0.612. The van der Waals surface area contributed by atoms with Crippen LogP contribution in [0.2, 0.25) is 10.0 Å². The first kappa shape index (κ1) is 21.6. The number of alkyl halides is 3. The fraction of sp³-hybridized carbons (Fsp3) is 0.176. The first-order chi connectivity index (χ1) is 13.1. The number of hydrogen-bond acceptors (Lipinski definition) is 3. The van der Waals surface area contributed by atoms with Crippen molar-refractivity contribution in [3.8, 4) is 5.75 Å². The van der Waals surface area contributed by atoms with Crippen LogP contribution in [0.4, 0.5) is 23.7 Å². The second-order valence-electron chi connectivity index (χ2n) is 5.48. The molecule has 0 saturated heterocycles. The minimum Gasteiger partial charge on any atom is -0.479 e. The van der Waals surface area contributed by atoms with Crippen LogP contribution in [-0.4, -0.2) is 18.0 Å². The van der Waals surface area contributed by atoms with E-state index in [0.29, 0.717) is 5.02 Å². The fourth-order valence-corrected chi connectivity index (χ4v) is 2.42. The van der Waals surface area contributed by atoms with Gasteiger partial charge in [-0.1, -0.05) is 29.3 Å². The zero-order valence-electron chi connectivity index (χ0n) is 14.2. The van der Waals surface area contributed by atoms with Crippen LogP contribution in [0.3, 0.4) is 0 Å². The summed E-state index contributed by atoms with van der Waals surface area (Å²) in [5.74, 6) is -0.507. The Morgan fingerprint density at radius 1 is 1.07 bits per heavy atom. The highest BCUT2D eigenvalue weighted by molar-refractivity contribution is 6.35. The SMILES string of the molecule is C[C@@H](Oc1ccc(Cl)cc1Cl)C(=O)NNC(=O)Nc1cccc(C(F)(F)F)c1. The maximum absolute atomic E-state index is 12.7. The van der Waals surface area contributed by atoms with Crippen molar-refractivity contribution in [1.82, 2.24) is 10.9 Å². The summed E-state index contributed by atoms with van der Waals surface area (Å²) < 4.78 is 43.4. The summed E-state index contributed by atoms with van der Waals surface area (Å²) in [4.78, 5) is 23.7. The number of hydrazine groups is 1. The van der Waals surface area contributed by atoms with Gasteiger partial charge >= 0.3 is 12.2 Å². The van der Waals surface area contributed by atoms with E-state index in [4.69, 9.17) is 27.9 Å².